The molecule has 0 radical (unpaired) electrons. The van der Waals surface area contributed by atoms with E-state index in [4.69, 9.17) is 23.2 Å². The van der Waals surface area contributed by atoms with E-state index in [2.05, 4.69) is 0 Å². The Bertz CT molecular complexity index is 804. The Hall–Kier alpha value is -1.23. The maximum Gasteiger partial charge on any atom is 0.264 e. The third-order valence-electron chi connectivity index (χ3n) is 3.36. The van der Waals surface area contributed by atoms with E-state index in [1.165, 1.54) is 10.4 Å². The summed E-state index contributed by atoms with van der Waals surface area (Å²) < 4.78 is 27.3. The van der Waals surface area contributed by atoms with Crippen molar-refractivity contribution in [2.75, 3.05) is 10.8 Å². The molecular formula is C16H17Cl2NO2S. The number of hydrogen-bond donors (Lipinski definition) is 0. The smallest absolute Gasteiger partial charge is 0.264 e. The highest BCUT2D eigenvalue weighted by Gasteiger charge is 2.26. The van der Waals surface area contributed by atoms with Gasteiger partial charge in [-0.15, -0.1) is 0 Å². The first-order valence-electron chi connectivity index (χ1n) is 6.82. The van der Waals surface area contributed by atoms with Crippen LogP contribution in [0.5, 0.6) is 0 Å². The minimum absolute atomic E-state index is 0.172. The summed E-state index contributed by atoms with van der Waals surface area (Å²) in [5, 5.41) is 0.572. The molecule has 0 unspecified atom stereocenters. The average Bonchev–Trinajstić information content (AvgIpc) is 2.43. The number of sulfonamides is 1. The lowest BCUT2D eigenvalue weighted by Crippen LogP contribution is -2.31. The molecule has 0 atom stereocenters. The summed E-state index contributed by atoms with van der Waals surface area (Å²) in [6.45, 7) is 5.76. The van der Waals surface area contributed by atoms with E-state index in [-0.39, 0.29) is 9.92 Å². The summed E-state index contributed by atoms with van der Waals surface area (Å²) in [7, 11) is -3.70. The van der Waals surface area contributed by atoms with Gasteiger partial charge in [0.05, 0.1) is 20.6 Å². The predicted octanol–water partition coefficient (Wildman–Crippen LogP) is 4.83. The SMILES string of the molecule is CCN(c1cccc(C)c1)S(=O)(=O)c1cc(Cl)c(Cl)cc1C. The normalized spacial score (nSPS) is 11.5. The van der Waals surface area contributed by atoms with E-state index in [0.717, 1.165) is 5.56 Å². The minimum atomic E-state index is -3.70. The van der Waals surface area contributed by atoms with E-state index in [9.17, 15) is 8.42 Å². The van der Waals surface area contributed by atoms with Gasteiger partial charge >= 0.3 is 0 Å². The Morgan fingerprint density at radius 1 is 1.05 bits per heavy atom. The molecule has 118 valence electrons. The first-order chi connectivity index (χ1) is 10.3. The van der Waals surface area contributed by atoms with Crippen LogP contribution < -0.4 is 4.31 Å². The molecule has 22 heavy (non-hydrogen) atoms. The van der Waals surface area contributed by atoms with Gasteiger partial charge in [0.15, 0.2) is 0 Å². The van der Waals surface area contributed by atoms with E-state index >= 15 is 0 Å². The van der Waals surface area contributed by atoms with Gasteiger partial charge < -0.3 is 0 Å². The first-order valence-corrected chi connectivity index (χ1v) is 9.02. The van der Waals surface area contributed by atoms with Crippen LogP contribution in [0.1, 0.15) is 18.1 Å². The Morgan fingerprint density at radius 3 is 2.27 bits per heavy atom. The lowest BCUT2D eigenvalue weighted by atomic mass is 10.2. The molecule has 6 heteroatoms. The Labute approximate surface area is 141 Å². The van der Waals surface area contributed by atoms with E-state index in [1.807, 2.05) is 25.1 Å². The summed E-state index contributed by atoms with van der Waals surface area (Å²) in [6.07, 6.45) is 0. The van der Waals surface area contributed by atoms with Gasteiger partial charge in [0.2, 0.25) is 0 Å². The van der Waals surface area contributed by atoms with Crippen LogP contribution in [0.2, 0.25) is 10.0 Å². The van der Waals surface area contributed by atoms with Crippen LogP contribution in [0.4, 0.5) is 5.69 Å². The maximum absolute atomic E-state index is 13.0. The fourth-order valence-corrected chi connectivity index (χ4v) is 4.45. The van der Waals surface area contributed by atoms with E-state index in [1.54, 1.807) is 26.0 Å². The van der Waals surface area contributed by atoms with Gasteiger partial charge in [-0.05, 0) is 56.2 Å². The molecule has 0 aliphatic rings. The van der Waals surface area contributed by atoms with Crippen molar-refractivity contribution < 1.29 is 8.42 Å². The molecule has 2 rings (SSSR count). The second kappa shape index (κ2) is 6.49. The number of nitrogens with zero attached hydrogens (tertiary/aromatic N) is 1. The third-order valence-corrected chi connectivity index (χ3v) is 6.13. The molecule has 0 N–H and O–H groups in total. The molecular weight excluding hydrogens is 341 g/mol. The fraction of sp³-hybridized carbons (Fsp3) is 0.250. The number of halogens is 2. The van der Waals surface area contributed by atoms with Crippen molar-refractivity contribution >= 4 is 38.9 Å². The van der Waals surface area contributed by atoms with Gasteiger partial charge in [0, 0.05) is 6.54 Å². The lowest BCUT2D eigenvalue weighted by molar-refractivity contribution is 0.591. The van der Waals surface area contributed by atoms with Crippen molar-refractivity contribution in [3.05, 3.63) is 57.6 Å². The number of benzene rings is 2. The Balaban J connectivity index is 2.59. The maximum atomic E-state index is 13.0. The minimum Gasteiger partial charge on any atom is -0.267 e. The van der Waals surface area contributed by atoms with E-state index in [0.29, 0.717) is 22.8 Å². The van der Waals surface area contributed by atoms with Gasteiger partial charge in [0.25, 0.3) is 10.0 Å². The van der Waals surface area contributed by atoms with Gasteiger partial charge in [-0.25, -0.2) is 8.42 Å². The van der Waals surface area contributed by atoms with Crippen LogP contribution in [-0.4, -0.2) is 15.0 Å². The molecule has 0 spiro atoms. The van der Waals surface area contributed by atoms with Crippen molar-refractivity contribution in [2.24, 2.45) is 0 Å². The largest absolute Gasteiger partial charge is 0.267 e. The van der Waals surface area contributed by atoms with Crippen molar-refractivity contribution in [2.45, 2.75) is 25.7 Å². The second-order valence-corrected chi connectivity index (χ2v) is 7.69. The molecule has 0 bridgehead atoms. The molecule has 0 saturated carbocycles. The van der Waals surface area contributed by atoms with Crippen molar-refractivity contribution in [3.63, 3.8) is 0 Å². The molecule has 0 saturated heterocycles. The molecule has 2 aromatic carbocycles. The zero-order chi connectivity index (χ0) is 16.5. The lowest BCUT2D eigenvalue weighted by Gasteiger charge is -2.24. The summed E-state index contributed by atoms with van der Waals surface area (Å²) in [6, 6.07) is 10.4. The zero-order valence-corrected chi connectivity index (χ0v) is 14.9. The number of hydrogen-bond acceptors (Lipinski definition) is 2. The topological polar surface area (TPSA) is 37.4 Å². The highest BCUT2D eigenvalue weighted by atomic mass is 35.5. The fourth-order valence-electron chi connectivity index (χ4n) is 2.30. The van der Waals surface area contributed by atoms with Crippen molar-refractivity contribution in [3.8, 4) is 0 Å². The highest BCUT2D eigenvalue weighted by Crippen LogP contribution is 2.31. The quantitative estimate of drug-likeness (QED) is 0.785. The highest BCUT2D eigenvalue weighted by molar-refractivity contribution is 7.92. The van der Waals surface area contributed by atoms with Gasteiger partial charge in [-0.1, -0.05) is 35.3 Å². The molecule has 3 nitrogen and oxygen atoms in total. The summed E-state index contributed by atoms with van der Waals surface area (Å²) in [5.74, 6) is 0. The van der Waals surface area contributed by atoms with E-state index < -0.39 is 10.0 Å². The third kappa shape index (κ3) is 3.24. The van der Waals surface area contributed by atoms with Crippen LogP contribution in [0, 0.1) is 13.8 Å². The standard InChI is InChI=1S/C16H17Cl2NO2S/c1-4-19(13-7-5-6-11(2)8-13)22(20,21)16-10-15(18)14(17)9-12(16)3/h5-10H,4H2,1-3H3. The monoisotopic (exact) mass is 357 g/mol. The number of anilines is 1. The van der Waals surface area contributed by atoms with Gasteiger partial charge in [0.1, 0.15) is 0 Å². The molecule has 2 aromatic rings. The summed E-state index contributed by atoms with van der Waals surface area (Å²) in [5.41, 5.74) is 2.20. The molecule has 0 heterocycles. The average molecular weight is 358 g/mol. The molecule has 0 aromatic heterocycles. The van der Waals surface area contributed by atoms with Crippen molar-refractivity contribution in [1.29, 1.82) is 0 Å². The molecule has 0 aliphatic carbocycles. The van der Waals surface area contributed by atoms with Crippen LogP contribution >= 0.6 is 23.2 Å². The molecule has 0 aliphatic heterocycles. The van der Waals surface area contributed by atoms with Crippen LogP contribution in [0.15, 0.2) is 41.3 Å². The summed E-state index contributed by atoms with van der Waals surface area (Å²) >= 11 is 11.9. The van der Waals surface area contributed by atoms with Crippen LogP contribution in [0.25, 0.3) is 0 Å². The Kier molecular flexibility index (Phi) is 5.05. The Morgan fingerprint density at radius 2 is 1.68 bits per heavy atom. The zero-order valence-electron chi connectivity index (χ0n) is 12.6. The predicted molar refractivity (Wildman–Crippen MR) is 92.6 cm³/mol. The second-order valence-electron chi connectivity index (χ2n) is 5.04. The van der Waals surface area contributed by atoms with Crippen molar-refractivity contribution in [1.82, 2.24) is 0 Å². The van der Waals surface area contributed by atoms with Gasteiger partial charge in [-0.3, -0.25) is 4.31 Å². The molecule has 0 fully saturated rings. The number of aryl methyl sites for hydroxylation is 2. The summed E-state index contributed by atoms with van der Waals surface area (Å²) in [4.78, 5) is 0.172. The van der Waals surface area contributed by atoms with Crippen LogP contribution in [0.3, 0.4) is 0 Å². The van der Waals surface area contributed by atoms with Gasteiger partial charge in [-0.2, -0.15) is 0 Å². The number of rotatable bonds is 4. The van der Waals surface area contributed by atoms with Crippen LogP contribution in [-0.2, 0) is 10.0 Å². The first kappa shape index (κ1) is 17.1. The molecule has 0 amide bonds.